The van der Waals surface area contributed by atoms with Crippen LogP contribution in [0, 0.1) is 0 Å². The summed E-state index contributed by atoms with van der Waals surface area (Å²) in [4.78, 5) is 37.2. The van der Waals surface area contributed by atoms with Crippen LogP contribution in [0.15, 0.2) is 30.3 Å². The molecule has 6 nitrogen and oxygen atoms in total. The van der Waals surface area contributed by atoms with Gasteiger partial charge in [-0.25, -0.2) is 4.79 Å². The zero-order valence-corrected chi connectivity index (χ0v) is 13.2. The van der Waals surface area contributed by atoms with Gasteiger partial charge in [-0.15, -0.1) is 0 Å². The number of aldehydes is 1. The van der Waals surface area contributed by atoms with Crippen LogP contribution < -0.4 is 5.32 Å². The van der Waals surface area contributed by atoms with Crippen molar-refractivity contribution < 1.29 is 19.1 Å². The van der Waals surface area contributed by atoms with E-state index in [0.29, 0.717) is 19.4 Å². The number of rotatable bonds is 6. The van der Waals surface area contributed by atoms with Gasteiger partial charge in [-0.05, 0) is 25.3 Å². The molecule has 1 aromatic rings. The molecular formula is C17H22N2O4. The molecule has 0 spiro atoms. The molecular weight excluding hydrogens is 296 g/mol. The first-order valence-corrected chi connectivity index (χ1v) is 7.88. The number of carbonyl (C=O) groups is 3. The van der Waals surface area contributed by atoms with Gasteiger partial charge in [0.25, 0.3) is 0 Å². The molecule has 23 heavy (non-hydrogen) atoms. The fraction of sp³-hybridized carbons (Fsp3) is 0.471. The van der Waals surface area contributed by atoms with E-state index in [2.05, 4.69) is 5.32 Å². The predicted octanol–water partition coefficient (Wildman–Crippen LogP) is 1.53. The van der Waals surface area contributed by atoms with E-state index in [4.69, 9.17) is 4.74 Å². The number of carbonyl (C=O) groups excluding carboxylic acids is 3. The maximum Gasteiger partial charge on any atom is 0.407 e. The first-order chi connectivity index (χ1) is 11.2. The second kappa shape index (κ2) is 8.31. The van der Waals surface area contributed by atoms with E-state index in [9.17, 15) is 14.4 Å². The fourth-order valence-corrected chi connectivity index (χ4v) is 2.77. The quantitative estimate of drug-likeness (QED) is 0.807. The van der Waals surface area contributed by atoms with Gasteiger partial charge in [0.1, 0.15) is 12.3 Å². The summed E-state index contributed by atoms with van der Waals surface area (Å²) in [6.45, 7) is 2.48. The smallest absolute Gasteiger partial charge is 0.407 e. The zero-order chi connectivity index (χ0) is 16.7. The van der Waals surface area contributed by atoms with Gasteiger partial charge in [-0.2, -0.15) is 0 Å². The molecule has 0 unspecified atom stereocenters. The molecule has 2 amide bonds. The summed E-state index contributed by atoms with van der Waals surface area (Å²) in [5.41, 5.74) is 0.935. The Morgan fingerprint density at radius 2 is 2.13 bits per heavy atom. The summed E-state index contributed by atoms with van der Waals surface area (Å²) in [5, 5.41) is 2.62. The monoisotopic (exact) mass is 318 g/mol. The van der Waals surface area contributed by atoms with Crippen molar-refractivity contribution in [3.63, 3.8) is 0 Å². The largest absolute Gasteiger partial charge is 0.450 e. The topological polar surface area (TPSA) is 75.7 Å². The molecule has 1 aliphatic rings. The number of ether oxygens (including phenoxy) is 1. The van der Waals surface area contributed by atoms with Crippen molar-refractivity contribution in [1.82, 2.24) is 10.2 Å². The molecule has 124 valence electrons. The third-order valence-corrected chi connectivity index (χ3v) is 3.89. The van der Waals surface area contributed by atoms with Gasteiger partial charge < -0.3 is 19.7 Å². The van der Waals surface area contributed by atoms with Gasteiger partial charge in [-0.1, -0.05) is 30.3 Å². The van der Waals surface area contributed by atoms with Gasteiger partial charge in [0.15, 0.2) is 0 Å². The molecule has 0 aliphatic carbocycles. The lowest BCUT2D eigenvalue weighted by Crippen LogP contribution is -2.51. The van der Waals surface area contributed by atoms with E-state index < -0.39 is 18.2 Å². The van der Waals surface area contributed by atoms with Crippen LogP contribution in [0.3, 0.4) is 0 Å². The molecule has 0 aromatic heterocycles. The van der Waals surface area contributed by atoms with Crippen molar-refractivity contribution in [2.45, 2.75) is 38.3 Å². The minimum absolute atomic E-state index is 0.235. The fourth-order valence-electron chi connectivity index (χ4n) is 2.77. The third kappa shape index (κ3) is 4.55. The molecule has 1 fully saturated rings. The molecule has 1 heterocycles. The Labute approximate surface area is 135 Å². The van der Waals surface area contributed by atoms with Crippen LogP contribution in [-0.4, -0.2) is 48.4 Å². The van der Waals surface area contributed by atoms with Gasteiger partial charge in [0, 0.05) is 13.0 Å². The highest BCUT2D eigenvalue weighted by Crippen LogP contribution is 2.18. The number of amides is 2. The SMILES string of the molecule is CCOC(=O)N[C@H](Cc1ccccc1)C(=O)N1CCC[C@H]1C=O. The summed E-state index contributed by atoms with van der Waals surface area (Å²) in [7, 11) is 0. The van der Waals surface area contributed by atoms with Crippen molar-refractivity contribution in [3.8, 4) is 0 Å². The summed E-state index contributed by atoms with van der Waals surface area (Å²) >= 11 is 0. The number of likely N-dealkylation sites (tertiary alicyclic amines) is 1. The van der Waals surface area contributed by atoms with Crippen molar-refractivity contribution in [3.05, 3.63) is 35.9 Å². The minimum atomic E-state index is -0.739. The second-order valence-corrected chi connectivity index (χ2v) is 5.48. The molecule has 0 radical (unpaired) electrons. The van der Waals surface area contributed by atoms with Crippen molar-refractivity contribution in [2.75, 3.05) is 13.2 Å². The Balaban J connectivity index is 2.13. The van der Waals surface area contributed by atoms with E-state index in [1.165, 1.54) is 0 Å². The molecule has 0 bridgehead atoms. The molecule has 1 aliphatic heterocycles. The predicted molar refractivity (Wildman–Crippen MR) is 84.9 cm³/mol. The number of nitrogens with zero attached hydrogens (tertiary/aromatic N) is 1. The van der Waals surface area contributed by atoms with E-state index >= 15 is 0 Å². The normalized spacial score (nSPS) is 18.3. The standard InChI is InChI=1S/C17H22N2O4/c1-2-23-17(22)18-15(11-13-7-4-3-5-8-13)16(21)19-10-6-9-14(19)12-20/h3-5,7-8,12,14-15H,2,6,9-11H2,1H3,(H,18,22)/t14-,15+/m0/s1. The Hall–Kier alpha value is -2.37. The van der Waals surface area contributed by atoms with Crippen LogP contribution in [0.2, 0.25) is 0 Å². The van der Waals surface area contributed by atoms with E-state index in [0.717, 1.165) is 18.3 Å². The second-order valence-electron chi connectivity index (χ2n) is 5.48. The summed E-state index contributed by atoms with van der Waals surface area (Å²) in [5.74, 6) is -0.239. The van der Waals surface area contributed by atoms with Gasteiger partial charge in [0.05, 0.1) is 12.6 Å². The zero-order valence-electron chi connectivity index (χ0n) is 13.2. The number of nitrogens with one attached hydrogen (secondary N) is 1. The Morgan fingerprint density at radius 3 is 2.78 bits per heavy atom. The van der Waals surface area contributed by atoms with Crippen molar-refractivity contribution in [1.29, 1.82) is 0 Å². The van der Waals surface area contributed by atoms with Gasteiger partial charge in [0.2, 0.25) is 5.91 Å². The number of alkyl carbamates (subject to hydrolysis) is 1. The summed E-state index contributed by atoms with van der Waals surface area (Å²) < 4.78 is 4.89. The van der Waals surface area contributed by atoms with Gasteiger partial charge >= 0.3 is 6.09 Å². The first-order valence-electron chi connectivity index (χ1n) is 7.88. The summed E-state index contributed by atoms with van der Waals surface area (Å²) in [6.07, 6.45) is 2.01. The van der Waals surface area contributed by atoms with Crippen LogP contribution in [0.5, 0.6) is 0 Å². The Morgan fingerprint density at radius 1 is 1.39 bits per heavy atom. The van der Waals surface area contributed by atoms with Crippen LogP contribution in [0.25, 0.3) is 0 Å². The minimum Gasteiger partial charge on any atom is -0.450 e. The Kier molecular flexibility index (Phi) is 6.14. The van der Waals surface area contributed by atoms with Crippen LogP contribution in [-0.2, 0) is 20.7 Å². The number of hydrogen-bond acceptors (Lipinski definition) is 4. The lowest BCUT2D eigenvalue weighted by Gasteiger charge is -2.26. The highest BCUT2D eigenvalue weighted by molar-refractivity contribution is 5.88. The van der Waals surface area contributed by atoms with Crippen LogP contribution >= 0.6 is 0 Å². The van der Waals surface area contributed by atoms with E-state index in [1.54, 1.807) is 11.8 Å². The summed E-state index contributed by atoms with van der Waals surface area (Å²) in [6, 6.07) is 8.31. The molecule has 1 aromatic carbocycles. The highest BCUT2D eigenvalue weighted by Gasteiger charge is 2.33. The van der Waals surface area contributed by atoms with Gasteiger partial charge in [-0.3, -0.25) is 4.79 Å². The van der Waals surface area contributed by atoms with Crippen molar-refractivity contribution >= 4 is 18.3 Å². The first kappa shape index (κ1) is 17.0. The number of hydrogen-bond donors (Lipinski definition) is 1. The molecule has 1 saturated heterocycles. The molecule has 6 heteroatoms. The third-order valence-electron chi connectivity index (χ3n) is 3.89. The lowest BCUT2D eigenvalue weighted by atomic mass is 10.0. The number of benzene rings is 1. The lowest BCUT2D eigenvalue weighted by molar-refractivity contribution is -0.136. The Bertz CT molecular complexity index is 547. The van der Waals surface area contributed by atoms with E-state index in [1.807, 2.05) is 30.3 Å². The van der Waals surface area contributed by atoms with Crippen LogP contribution in [0.4, 0.5) is 4.79 Å². The van der Waals surface area contributed by atoms with Crippen LogP contribution in [0.1, 0.15) is 25.3 Å². The maximum atomic E-state index is 12.8. The van der Waals surface area contributed by atoms with E-state index in [-0.39, 0.29) is 12.5 Å². The molecule has 2 atom stereocenters. The highest BCUT2D eigenvalue weighted by atomic mass is 16.5. The van der Waals surface area contributed by atoms with Crippen molar-refractivity contribution in [2.24, 2.45) is 0 Å². The molecule has 0 saturated carbocycles. The average molecular weight is 318 g/mol. The maximum absolute atomic E-state index is 12.8. The average Bonchev–Trinajstić information content (AvgIpc) is 3.03. The molecule has 1 N–H and O–H groups in total. The molecule has 2 rings (SSSR count).